The van der Waals surface area contributed by atoms with E-state index < -0.39 is 0 Å². The van der Waals surface area contributed by atoms with Crippen LogP contribution in [0.1, 0.15) is 25.3 Å². The van der Waals surface area contributed by atoms with E-state index in [2.05, 4.69) is 10.3 Å². The molecule has 0 bridgehead atoms. The lowest BCUT2D eigenvalue weighted by molar-refractivity contribution is -0.112. The Labute approximate surface area is 89.2 Å². The van der Waals surface area contributed by atoms with E-state index >= 15 is 0 Å². The van der Waals surface area contributed by atoms with E-state index in [1.54, 1.807) is 12.4 Å². The van der Waals surface area contributed by atoms with Gasteiger partial charge in [0.2, 0.25) is 0 Å². The molecule has 1 fully saturated rings. The molecular formula is C12H14N2O. The first-order chi connectivity index (χ1) is 7.18. The summed E-state index contributed by atoms with van der Waals surface area (Å²) in [5, 5.41) is 2.87. The van der Waals surface area contributed by atoms with Crippen LogP contribution in [0.25, 0.3) is 0 Å². The number of nitrogens with zero attached hydrogens (tertiary/aromatic N) is 1. The summed E-state index contributed by atoms with van der Waals surface area (Å²) >= 11 is 0. The topological polar surface area (TPSA) is 42.0 Å². The van der Waals surface area contributed by atoms with E-state index in [4.69, 9.17) is 0 Å². The second-order valence-corrected chi connectivity index (χ2v) is 3.87. The van der Waals surface area contributed by atoms with Gasteiger partial charge < -0.3 is 5.32 Å². The van der Waals surface area contributed by atoms with Crippen molar-refractivity contribution in [3.8, 4) is 0 Å². The fraction of sp³-hybridized carbons (Fsp3) is 0.333. The first-order valence-electron chi connectivity index (χ1n) is 5.09. The average molecular weight is 202 g/mol. The third-order valence-electron chi connectivity index (χ3n) is 2.66. The van der Waals surface area contributed by atoms with E-state index in [9.17, 15) is 4.79 Å². The zero-order chi connectivity index (χ0) is 10.8. The Morgan fingerprint density at radius 1 is 1.47 bits per heavy atom. The standard InChI is InChI=1S/C12H14N2O/c1-8-5-6-13-7-11(8)14-12(15)9(2)10-3-4-10/h5-7H,3-4H2,1-2H3,(H,14,15). The van der Waals surface area contributed by atoms with Gasteiger partial charge in [-0.3, -0.25) is 9.78 Å². The zero-order valence-electron chi connectivity index (χ0n) is 9.00. The normalized spacial score (nSPS) is 13.6. The number of aromatic nitrogens is 1. The lowest BCUT2D eigenvalue weighted by atomic mass is 10.2. The van der Waals surface area contributed by atoms with Gasteiger partial charge in [-0.1, -0.05) is 5.57 Å². The van der Waals surface area contributed by atoms with Crippen molar-refractivity contribution in [3.63, 3.8) is 0 Å². The number of amides is 1. The van der Waals surface area contributed by atoms with E-state index in [0.717, 1.165) is 29.7 Å². The van der Waals surface area contributed by atoms with Crippen molar-refractivity contribution in [2.24, 2.45) is 0 Å². The largest absolute Gasteiger partial charge is 0.321 e. The van der Waals surface area contributed by atoms with Crippen molar-refractivity contribution < 1.29 is 4.79 Å². The predicted molar refractivity (Wildman–Crippen MR) is 59.5 cm³/mol. The highest BCUT2D eigenvalue weighted by Gasteiger charge is 2.19. The van der Waals surface area contributed by atoms with E-state index in [1.165, 1.54) is 5.57 Å². The van der Waals surface area contributed by atoms with Gasteiger partial charge in [-0.2, -0.15) is 0 Å². The molecular weight excluding hydrogens is 188 g/mol. The Morgan fingerprint density at radius 2 is 2.20 bits per heavy atom. The second-order valence-electron chi connectivity index (χ2n) is 3.87. The molecule has 0 unspecified atom stereocenters. The lowest BCUT2D eigenvalue weighted by Gasteiger charge is -2.07. The highest BCUT2D eigenvalue weighted by molar-refractivity contribution is 6.04. The molecule has 0 atom stereocenters. The first kappa shape index (κ1) is 9.90. The van der Waals surface area contributed by atoms with Crippen LogP contribution in [0.4, 0.5) is 5.69 Å². The molecule has 1 aliphatic carbocycles. The van der Waals surface area contributed by atoms with Gasteiger partial charge in [0.1, 0.15) is 0 Å². The molecule has 2 rings (SSSR count). The van der Waals surface area contributed by atoms with Gasteiger partial charge >= 0.3 is 0 Å². The Hall–Kier alpha value is -1.64. The van der Waals surface area contributed by atoms with E-state index in [-0.39, 0.29) is 5.91 Å². The second kappa shape index (κ2) is 3.85. The van der Waals surface area contributed by atoms with Crippen molar-refractivity contribution in [3.05, 3.63) is 35.2 Å². The van der Waals surface area contributed by atoms with Crippen molar-refractivity contribution in [2.45, 2.75) is 26.7 Å². The van der Waals surface area contributed by atoms with E-state index in [1.807, 2.05) is 19.9 Å². The smallest absolute Gasteiger partial charge is 0.251 e. The van der Waals surface area contributed by atoms with E-state index in [0.29, 0.717) is 0 Å². The quantitative estimate of drug-likeness (QED) is 0.748. The SMILES string of the molecule is CC(C(=O)Nc1cnccc1C)=C1CC1. The van der Waals surface area contributed by atoms with Crippen LogP contribution in [0.3, 0.4) is 0 Å². The molecule has 3 nitrogen and oxygen atoms in total. The van der Waals surface area contributed by atoms with Crippen LogP contribution in [0.2, 0.25) is 0 Å². The minimum atomic E-state index is -0.00130. The van der Waals surface area contributed by atoms with Crippen molar-refractivity contribution in [1.82, 2.24) is 4.98 Å². The van der Waals surface area contributed by atoms with Crippen molar-refractivity contribution in [2.75, 3.05) is 5.32 Å². The van der Waals surface area contributed by atoms with Crippen LogP contribution < -0.4 is 5.32 Å². The third-order valence-corrected chi connectivity index (χ3v) is 2.66. The summed E-state index contributed by atoms with van der Waals surface area (Å²) in [4.78, 5) is 15.7. The van der Waals surface area contributed by atoms with Crippen LogP contribution in [0, 0.1) is 6.92 Å². The maximum atomic E-state index is 11.7. The molecule has 1 heterocycles. The van der Waals surface area contributed by atoms with Crippen LogP contribution in [-0.4, -0.2) is 10.9 Å². The number of hydrogen-bond donors (Lipinski definition) is 1. The molecule has 0 saturated heterocycles. The number of rotatable bonds is 2. The van der Waals surface area contributed by atoms with Gasteiger partial charge in [-0.25, -0.2) is 0 Å². The van der Waals surface area contributed by atoms with Gasteiger partial charge in [0.05, 0.1) is 11.9 Å². The fourth-order valence-electron chi connectivity index (χ4n) is 1.41. The molecule has 0 spiro atoms. The summed E-state index contributed by atoms with van der Waals surface area (Å²) in [6.07, 6.45) is 5.55. The van der Waals surface area contributed by atoms with Gasteiger partial charge in [0.25, 0.3) is 5.91 Å². The summed E-state index contributed by atoms with van der Waals surface area (Å²) < 4.78 is 0. The first-order valence-corrected chi connectivity index (χ1v) is 5.09. The van der Waals surface area contributed by atoms with Gasteiger partial charge in [-0.15, -0.1) is 0 Å². The third kappa shape index (κ3) is 2.24. The lowest BCUT2D eigenvalue weighted by Crippen LogP contribution is -2.13. The molecule has 1 amide bonds. The summed E-state index contributed by atoms with van der Waals surface area (Å²) in [7, 11) is 0. The number of carbonyl (C=O) groups excluding carboxylic acids is 1. The summed E-state index contributed by atoms with van der Waals surface area (Å²) in [6, 6.07) is 1.88. The Kier molecular flexibility index (Phi) is 2.54. The molecule has 1 aliphatic rings. The monoisotopic (exact) mass is 202 g/mol. The Balaban J connectivity index is 2.13. The maximum Gasteiger partial charge on any atom is 0.251 e. The van der Waals surface area contributed by atoms with Gasteiger partial charge in [0.15, 0.2) is 0 Å². The number of anilines is 1. The fourth-order valence-corrected chi connectivity index (χ4v) is 1.41. The molecule has 3 heteroatoms. The highest BCUT2D eigenvalue weighted by Crippen LogP contribution is 2.31. The average Bonchev–Trinajstić information content (AvgIpc) is 3.04. The molecule has 0 radical (unpaired) electrons. The molecule has 1 aromatic rings. The Morgan fingerprint density at radius 3 is 2.80 bits per heavy atom. The molecule has 0 aromatic carbocycles. The number of aryl methyl sites for hydroxylation is 1. The number of hydrogen-bond acceptors (Lipinski definition) is 2. The highest BCUT2D eigenvalue weighted by atomic mass is 16.1. The van der Waals surface area contributed by atoms with Gasteiger partial charge in [0, 0.05) is 11.8 Å². The maximum absolute atomic E-state index is 11.7. The number of pyridine rings is 1. The Bertz CT molecular complexity index is 429. The number of allylic oxidation sites excluding steroid dienone is 1. The van der Waals surface area contributed by atoms with Crippen molar-refractivity contribution >= 4 is 11.6 Å². The van der Waals surface area contributed by atoms with Crippen molar-refractivity contribution in [1.29, 1.82) is 0 Å². The minimum Gasteiger partial charge on any atom is -0.321 e. The predicted octanol–water partition coefficient (Wildman–Crippen LogP) is 2.44. The molecule has 1 saturated carbocycles. The number of carbonyl (C=O) groups is 1. The van der Waals surface area contributed by atoms with Crippen LogP contribution in [0.15, 0.2) is 29.6 Å². The molecule has 0 aliphatic heterocycles. The van der Waals surface area contributed by atoms with Crippen LogP contribution in [0.5, 0.6) is 0 Å². The molecule has 78 valence electrons. The van der Waals surface area contributed by atoms with Crippen LogP contribution >= 0.6 is 0 Å². The molecule has 1 aromatic heterocycles. The zero-order valence-corrected chi connectivity index (χ0v) is 9.00. The summed E-state index contributed by atoms with van der Waals surface area (Å²) in [5.74, 6) is -0.00130. The molecule has 15 heavy (non-hydrogen) atoms. The van der Waals surface area contributed by atoms with Crippen LogP contribution in [-0.2, 0) is 4.79 Å². The number of nitrogens with one attached hydrogen (secondary N) is 1. The van der Waals surface area contributed by atoms with Gasteiger partial charge in [-0.05, 0) is 38.3 Å². The molecule has 1 N–H and O–H groups in total. The summed E-state index contributed by atoms with van der Waals surface area (Å²) in [6.45, 7) is 3.83. The minimum absolute atomic E-state index is 0.00130. The summed E-state index contributed by atoms with van der Waals surface area (Å²) in [5.41, 5.74) is 3.96.